The van der Waals surface area contributed by atoms with E-state index in [-0.39, 0.29) is 0 Å². The number of rotatable bonds is 10. The molecule has 3 heteroatoms. The van der Waals surface area contributed by atoms with Crippen LogP contribution < -0.4 is 10.1 Å². The second-order valence-electron chi connectivity index (χ2n) is 5.08. The highest BCUT2D eigenvalue weighted by Gasteiger charge is 2.04. The predicted molar refractivity (Wildman–Crippen MR) is 80.6 cm³/mol. The number of pyridine rings is 1. The summed E-state index contributed by atoms with van der Waals surface area (Å²) in [5.74, 6) is 0.982. The van der Waals surface area contributed by atoms with Crippen LogP contribution in [0.1, 0.15) is 56.7 Å². The third-order valence-corrected chi connectivity index (χ3v) is 3.20. The summed E-state index contributed by atoms with van der Waals surface area (Å²) in [6, 6.07) is 2.03. The molecule has 1 aromatic rings. The molecule has 0 aliphatic heterocycles. The van der Waals surface area contributed by atoms with Crippen LogP contribution in [-0.4, -0.2) is 18.6 Å². The summed E-state index contributed by atoms with van der Waals surface area (Å²) in [6.07, 6.45) is 9.67. The Morgan fingerprint density at radius 2 is 1.89 bits per heavy atom. The average Bonchev–Trinajstić information content (AvgIpc) is 2.41. The monoisotopic (exact) mass is 264 g/mol. The summed E-state index contributed by atoms with van der Waals surface area (Å²) in [6.45, 7) is 5.87. The fourth-order valence-electron chi connectivity index (χ4n) is 2.09. The van der Waals surface area contributed by atoms with E-state index in [9.17, 15) is 0 Å². The molecule has 0 fully saturated rings. The first kappa shape index (κ1) is 16.0. The second kappa shape index (κ2) is 9.79. The number of nitrogens with one attached hydrogen (secondary N) is 1. The Hall–Kier alpha value is -1.09. The van der Waals surface area contributed by atoms with Crippen LogP contribution >= 0.6 is 0 Å². The quantitative estimate of drug-likeness (QED) is 0.652. The lowest BCUT2D eigenvalue weighted by atomic mass is 10.1. The van der Waals surface area contributed by atoms with Gasteiger partial charge in [-0.2, -0.15) is 0 Å². The summed E-state index contributed by atoms with van der Waals surface area (Å²) in [7, 11) is 1.94. The highest BCUT2D eigenvalue weighted by atomic mass is 16.5. The van der Waals surface area contributed by atoms with Gasteiger partial charge in [-0.05, 0) is 20.4 Å². The fourth-order valence-corrected chi connectivity index (χ4v) is 2.09. The Morgan fingerprint density at radius 3 is 2.63 bits per heavy atom. The van der Waals surface area contributed by atoms with Crippen LogP contribution in [0.2, 0.25) is 0 Å². The summed E-state index contributed by atoms with van der Waals surface area (Å²) in [5.41, 5.74) is 2.15. The molecule has 1 rings (SSSR count). The van der Waals surface area contributed by atoms with Gasteiger partial charge < -0.3 is 10.1 Å². The fraction of sp³-hybridized carbons (Fsp3) is 0.688. The molecular weight excluding hydrogens is 236 g/mol. The molecule has 0 unspecified atom stereocenters. The maximum Gasteiger partial charge on any atom is 0.127 e. The van der Waals surface area contributed by atoms with Gasteiger partial charge in [0.05, 0.1) is 6.61 Å². The minimum Gasteiger partial charge on any atom is -0.493 e. The Bertz CT molecular complexity index is 353. The molecule has 108 valence electrons. The van der Waals surface area contributed by atoms with E-state index in [1.54, 1.807) is 0 Å². The zero-order valence-corrected chi connectivity index (χ0v) is 12.7. The lowest BCUT2D eigenvalue weighted by Crippen LogP contribution is -2.09. The smallest absolute Gasteiger partial charge is 0.127 e. The van der Waals surface area contributed by atoms with Gasteiger partial charge in [0.15, 0.2) is 0 Å². The van der Waals surface area contributed by atoms with Gasteiger partial charge in [0.25, 0.3) is 0 Å². The van der Waals surface area contributed by atoms with E-state index in [0.29, 0.717) is 0 Å². The Labute approximate surface area is 117 Å². The number of ether oxygens (including phenoxy) is 1. The van der Waals surface area contributed by atoms with Crippen LogP contribution in [0.15, 0.2) is 12.3 Å². The molecule has 1 aromatic heterocycles. The second-order valence-corrected chi connectivity index (χ2v) is 5.08. The van der Waals surface area contributed by atoms with E-state index in [1.807, 2.05) is 26.2 Å². The Balaban J connectivity index is 2.29. The van der Waals surface area contributed by atoms with Crippen molar-refractivity contribution in [1.29, 1.82) is 0 Å². The maximum absolute atomic E-state index is 5.90. The van der Waals surface area contributed by atoms with E-state index in [4.69, 9.17) is 4.74 Å². The van der Waals surface area contributed by atoms with Crippen molar-refractivity contribution < 1.29 is 4.74 Å². The first-order chi connectivity index (χ1) is 9.27. The zero-order valence-electron chi connectivity index (χ0n) is 12.7. The molecule has 0 atom stereocenters. The zero-order chi connectivity index (χ0) is 13.9. The lowest BCUT2D eigenvalue weighted by Gasteiger charge is -2.11. The van der Waals surface area contributed by atoms with Crippen molar-refractivity contribution in [3.8, 4) is 5.75 Å². The molecule has 1 heterocycles. The van der Waals surface area contributed by atoms with Crippen molar-refractivity contribution in [3.05, 3.63) is 23.5 Å². The molecule has 0 amide bonds. The van der Waals surface area contributed by atoms with Gasteiger partial charge in [-0.1, -0.05) is 39.0 Å². The number of aromatic nitrogens is 1. The van der Waals surface area contributed by atoms with E-state index >= 15 is 0 Å². The molecule has 0 aromatic carbocycles. The number of nitrogens with zero attached hydrogens (tertiary/aromatic N) is 1. The summed E-state index contributed by atoms with van der Waals surface area (Å²) in [5, 5.41) is 3.15. The first-order valence-corrected chi connectivity index (χ1v) is 7.50. The lowest BCUT2D eigenvalue weighted by molar-refractivity contribution is 0.300. The van der Waals surface area contributed by atoms with Crippen LogP contribution in [0, 0.1) is 6.92 Å². The van der Waals surface area contributed by atoms with Gasteiger partial charge in [-0.25, -0.2) is 0 Å². The van der Waals surface area contributed by atoms with Crippen LogP contribution in [0.3, 0.4) is 0 Å². The predicted octanol–water partition coefficient (Wildman–Crippen LogP) is 3.85. The van der Waals surface area contributed by atoms with Gasteiger partial charge in [0.2, 0.25) is 0 Å². The molecule has 0 bridgehead atoms. The van der Waals surface area contributed by atoms with Crippen molar-refractivity contribution >= 4 is 0 Å². The van der Waals surface area contributed by atoms with Gasteiger partial charge in [-0.3, -0.25) is 4.98 Å². The highest BCUT2D eigenvalue weighted by Crippen LogP contribution is 2.19. The molecule has 19 heavy (non-hydrogen) atoms. The minimum absolute atomic E-state index is 0.805. The Kier molecular flexibility index (Phi) is 8.23. The van der Waals surface area contributed by atoms with E-state index < -0.39 is 0 Å². The molecule has 0 aliphatic carbocycles. The topological polar surface area (TPSA) is 34.1 Å². The van der Waals surface area contributed by atoms with Crippen molar-refractivity contribution in [1.82, 2.24) is 10.3 Å². The number of unbranched alkanes of at least 4 members (excludes halogenated alkanes) is 5. The maximum atomic E-state index is 5.90. The number of hydrogen-bond acceptors (Lipinski definition) is 3. The first-order valence-electron chi connectivity index (χ1n) is 7.50. The highest BCUT2D eigenvalue weighted by molar-refractivity contribution is 5.32. The molecule has 0 saturated heterocycles. The van der Waals surface area contributed by atoms with Gasteiger partial charge in [-0.15, -0.1) is 0 Å². The molecule has 0 spiro atoms. The van der Waals surface area contributed by atoms with Crippen LogP contribution in [0.25, 0.3) is 0 Å². The van der Waals surface area contributed by atoms with Crippen molar-refractivity contribution in [2.75, 3.05) is 13.7 Å². The van der Waals surface area contributed by atoms with Gasteiger partial charge in [0.1, 0.15) is 5.75 Å². The van der Waals surface area contributed by atoms with Crippen molar-refractivity contribution in [2.24, 2.45) is 0 Å². The summed E-state index contributed by atoms with van der Waals surface area (Å²) < 4.78 is 5.90. The van der Waals surface area contributed by atoms with E-state index in [1.165, 1.54) is 32.1 Å². The standard InChI is InChI=1S/C16H28N2O/c1-4-5-6-7-8-9-10-19-16-11-14(2)18-13-15(16)12-17-3/h11,13,17H,4-10,12H2,1-3H3. The van der Waals surface area contributed by atoms with E-state index in [0.717, 1.165) is 36.6 Å². The third kappa shape index (κ3) is 6.58. The summed E-state index contributed by atoms with van der Waals surface area (Å²) >= 11 is 0. The molecular formula is C16H28N2O. The minimum atomic E-state index is 0.805. The number of hydrogen-bond donors (Lipinski definition) is 1. The van der Waals surface area contributed by atoms with Crippen LogP contribution in [-0.2, 0) is 6.54 Å². The molecule has 1 N–H and O–H groups in total. The van der Waals surface area contributed by atoms with Crippen molar-refractivity contribution in [3.63, 3.8) is 0 Å². The molecule has 0 aliphatic rings. The molecule has 3 nitrogen and oxygen atoms in total. The van der Waals surface area contributed by atoms with Crippen LogP contribution in [0.4, 0.5) is 0 Å². The SMILES string of the molecule is CCCCCCCCOc1cc(C)ncc1CNC. The third-order valence-electron chi connectivity index (χ3n) is 3.20. The number of aryl methyl sites for hydroxylation is 1. The molecule has 0 saturated carbocycles. The van der Waals surface area contributed by atoms with Gasteiger partial charge >= 0.3 is 0 Å². The molecule has 0 radical (unpaired) electrons. The van der Waals surface area contributed by atoms with Gasteiger partial charge in [0, 0.05) is 30.1 Å². The largest absolute Gasteiger partial charge is 0.493 e. The summed E-state index contributed by atoms with van der Waals surface area (Å²) in [4.78, 5) is 4.32. The normalized spacial score (nSPS) is 10.7. The van der Waals surface area contributed by atoms with E-state index in [2.05, 4.69) is 17.2 Å². The average molecular weight is 264 g/mol. The Morgan fingerprint density at radius 1 is 1.16 bits per heavy atom. The van der Waals surface area contributed by atoms with Crippen molar-refractivity contribution in [2.45, 2.75) is 58.9 Å². The van der Waals surface area contributed by atoms with Crippen LogP contribution in [0.5, 0.6) is 5.75 Å².